The van der Waals surface area contributed by atoms with Gasteiger partial charge < -0.3 is 23.7 Å². The molecule has 1 unspecified atom stereocenters. The van der Waals surface area contributed by atoms with Crippen LogP contribution in [0.25, 0.3) is 22.3 Å². The van der Waals surface area contributed by atoms with Crippen molar-refractivity contribution in [2.45, 2.75) is 52.5 Å². The van der Waals surface area contributed by atoms with E-state index in [2.05, 4.69) is 73.9 Å². The summed E-state index contributed by atoms with van der Waals surface area (Å²) in [6.07, 6.45) is 1.72. The van der Waals surface area contributed by atoms with Crippen LogP contribution in [-0.2, 0) is 39.8 Å². The van der Waals surface area contributed by atoms with Gasteiger partial charge in [0, 0.05) is 36.0 Å². The van der Waals surface area contributed by atoms with Crippen molar-refractivity contribution in [3.8, 4) is 34.1 Å². The Morgan fingerprint density at radius 2 is 1.12 bits per heavy atom. The molecule has 0 aliphatic carbocycles. The fraction of sp³-hybridized carbons (Fsp3) is 0.310. The highest BCUT2D eigenvalue weighted by atomic mass is 16.7. The second-order valence-electron chi connectivity index (χ2n) is 12.1. The highest BCUT2D eigenvalue weighted by Gasteiger charge is 2.20. The van der Waals surface area contributed by atoms with Gasteiger partial charge in [0.1, 0.15) is 18.1 Å². The molecule has 0 aromatic heterocycles. The second kappa shape index (κ2) is 22.2. The zero-order valence-corrected chi connectivity index (χ0v) is 30.6. The Morgan fingerprint density at radius 1 is 0.673 bits per heavy atom. The molecule has 3 aromatic rings. The van der Waals surface area contributed by atoms with Crippen LogP contribution in [0.3, 0.4) is 0 Å². The molecule has 0 fully saturated rings. The van der Waals surface area contributed by atoms with Crippen LogP contribution in [0.4, 0.5) is 0 Å². The van der Waals surface area contributed by atoms with Gasteiger partial charge in [-0.1, -0.05) is 80.4 Å². The second-order valence-corrected chi connectivity index (χ2v) is 12.1. The molecule has 0 radical (unpaired) electrons. The minimum absolute atomic E-state index is 0.132. The number of rotatable bonds is 19. The van der Waals surface area contributed by atoms with E-state index in [-0.39, 0.29) is 12.8 Å². The quantitative estimate of drug-likeness (QED) is 0.0303. The van der Waals surface area contributed by atoms with E-state index in [0.29, 0.717) is 68.2 Å². The molecule has 3 rings (SSSR count). The predicted molar refractivity (Wildman–Crippen MR) is 203 cm³/mol. The van der Waals surface area contributed by atoms with Gasteiger partial charge in [-0.15, -0.1) is 0 Å². The van der Waals surface area contributed by atoms with Gasteiger partial charge in [-0.25, -0.2) is 14.4 Å². The van der Waals surface area contributed by atoms with Crippen molar-refractivity contribution in [1.82, 2.24) is 0 Å². The van der Waals surface area contributed by atoms with Crippen molar-refractivity contribution in [3.05, 3.63) is 115 Å². The van der Waals surface area contributed by atoms with Crippen LogP contribution in [0.5, 0.6) is 5.75 Å². The van der Waals surface area contributed by atoms with E-state index in [9.17, 15) is 14.4 Å². The standard InChI is InChI=1S/C28H26O4.C14H22N2O4/c1-19(2)27(29)31-18-17-21-5-7-22(8-6-21)23-9-11-24(12-10-23)25-13-15-26(16-14-25)32-28(30)20(3)4;1-12(2)13(17)20-8-5-7-18-11-19-9-6-14(3,10-15)16-4/h5-16H,1,3,17-18H2,2,4H3;1,4-9,11H2,2-3H3. The molecule has 0 saturated carbocycles. The van der Waals surface area contributed by atoms with Gasteiger partial charge in [0.15, 0.2) is 0 Å². The van der Waals surface area contributed by atoms with Crippen LogP contribution in [0, 0.1) is 11.3 Å². The average molecular weight is 709 g/mol. The molecule has 0 spiro atoms. The molecule has 10 heteroatoms. The Balaban J connectivity index is 0.000000405. The molecule has 10 nitrogen and oxygen atoms in total. The molecule has 1 atom stereocenters. The van der Waals surface area contributed by atoms with Gasteiger partial charge in [0.2, 0.25) is 0 Å². The monoisotopic (exact) mass is 708 g/mol. The van der Waals surface area contributed by atoms with E-state index in [1.165, 1.54) is 0 Å². The van der Waals surface area contributed by atoms with Gasteiger partial charge >= 0.3 is 17.9 Å². The molecule has 0 bridgehead atoms. The van der Waals surface area contributed by atoms with E-state index in [1.807, 2.05) is 24.3 Å². The minimum atomic E-state index is -0.809. The highest BCUT2D eigenvalue weighted by molar-refractivity contribution is 5.89. The average Bonchev–Trinajstić information content (AvgIpc) is 3.14. The number of nitrogens with zero attached hydrogens (tertiary/aromatic N) is 2. The molecule has 274 valence electrons. The molecule has 3 aromatic carbocycles. The van der Waals surface area contributed by atoms with Crippen LogP contribution < -0.4 is 4.74 Å². The highest BCUT2D eigenvalue weighted by Crippen LogP contribution is 2.27. The van der Waals surface area contributed by atoms with Crippen molar-refractivity contribution < 1.29 is 38.1 Å². The van der Waals surface area contributed by atoms with E-state index in [0.717, 1.165) is 27.8 Å². The van der Waals surface area contributed by atoms with E-state index in [4.69, 9.17) is 28.9 Å². The number of hydrogen-bond acceptors (Lipinski definition) is 10. The van der Waals surface area contributed by atoms with Crippen LogP contribution in [0.1, 0.15) is 46.1 Å². The van der Waals surface area contributed by atoms with Crippen LogP contribution in [-0.4, -0.2) is 63.4 Å². The zero-order valence-electron chi connectivity index (χ0n) is 30.6. The third-order valence-corrected chi connectivity index (χ3v) is 7.40. The fourth-order valence-electron chi connectivity index (χ4n) is 4.08. The molecule has 52 heavy (non-hydrogen) atoms. The number of carbonyl (C=O) groups is 3. The van der Waals surface area contributed by atoms with Crippen LogP contribution in [0.2, 0.25) is 0 Å². The summed E-state index contributed by atoms with van der Waals surface area (Å²) >= 11 is 0. The molecular formula is C42H48N2O8. The summed E-state index contributed by atoms with van der Waals surface area (Å²) in [5, 5.41) is 8.85. The summed E-state index contributed by atoms with van der Waals surface area (Å²) in [6, 6.07) is 26.0. The smallest absolute Gasteiger partial charge is 0.338 e. The summed E-state index contributed by atoms with van der Waals surface area (Å²) in [4.78, 5) is 37.8. The molecule has 0 aliphatic heterocycles. The number of nitriles is 1. The summed E-state index contributed by atoms with van der Waals surface area (Å²) in [5.74, 6) is -0.688. The lowest BCUT2D eigenvalue weighted by atomic mass is 9.99. The maximum atomic E-state index is 11.6. The molecular weight excluding hydrogens is 660 g/mol. The van der Waals surface area contributed by atoms with Gasteiger partial charge in [0.05, 0.1) is 32.5 Å². The number of ether oxygens (including phenoxy) is 5. The van der Waals surface area contributed by atoms with Crippen LogP contribution >= 0.6 is 0 Å². The van der Waals surface area contributed by atoms with Crippen molar-refractivity contribution >= 4 is 24.6 Å². The summed E-state index contributed by atoms with van der Waals surface area (Å²) in [7, 11) is 0. The largest absolute Gasteiger partial charge is 0.462 e. The molecule has 0 N–H and O–H groups in total. The SMILES string of the molecule is C=C(C)C(=O)OCCc1ccc(-c2ccc(-c3ccc(OC(=O)C(=C)C)cc3)cc2)cc1.C=NC(C)(C#N)CCOCOCCCOC(=O)C(=C)C. The van der Waals surface area contributed by atoms with Gasteiger partial charge in [-0.3, -0.25) is 4.99 Å². The summed E-state index contributed by atoms with van der Waals surface area (Å²) in [5.41, 5.74) is 5.78. The Labute approximate surface area is 307 Å². The van der Waals surface area contributed by atoms with Crippen LogP contribution in [0.15, 0.2) is 114 Å². The fourth-order valence-corrected chi connectivity index (χ4v) is 4.08. The van der Waals surface area contributed by atoms with Gasteiger partial charge in [0.25, 0.3) is 0 Å². The Kier molecular flexibility index (Phi) is 18.2. The zero-order chi connectivity index (χ0) is 38.5. The number of hydrogen-bond donors (Lipinski definition) is 0. The van der Waals surface area contributed by atoms with E-state index < -0.39 is 17.5 Å². The molecule has 0 heterocycles. The first kappa shape index (κ1) is 42.5. The topological polar surface area (TPSA) is 134 Å². The number of carbonyl (C=O) groups excluding carboxylic acids is 3. The van der Waals surface area contributed by atoms with Crippen molar-refractivity contribution in [2.24, 2.45) is 4.99 Å². The normalized spacial score (nSPS) is 11.4. The maximum Gasteiger partial charge on any atom is 0.338 e. The van der Waals surface area contributed by atoms with Gasteiger partial charge in [-0.2, -0.15) is 5.26 Å². The Hall–Kier alpha value is -5.63. The lowest BCUT2D eigenvalue weighted by molar-refractivity contribution is -0.140. The number of benzene rings is 3. The summed E-state index contributed by atoms with van der Waals surface area (Å²) in [6.45, 7) is 22.1. The first-order chi connectivity index (χ1) is 24.8. The van der Waals surface area contributed by atoms with Crippen molar-refractivity contribution in [2.75, 3.05) is 33.2 Å². The third-order valence-electron chi connectivity index (χ3n) is 7.40. The first-order valence-corrected chi connectivity index (χ1v) is 16.7. The molecule has 0 aliphatic rings. The summed E-state index contributed by atoms with van der Waals surface area (Å²) < 4.78 is 25.7. The number of aliphatic imine (C=N–C) groups is 1. The molecule has 0 amide bonds. The van der Waals surface area contributed by atoms with Crippen molar-refractivity contribution in [3.63, 3.8) is 0 Å². The predicted octanol–water partition coefficient (Wildman–Crippen LogP) is 8.02. The van der Waals surface area contributed by atoms with Gasteiger partial charge in [-0.05, 0) is 74.4 Å². The lowest BCUT2D eigenvalue weighted by Crippen LogP contribution is -2.21. The minimum Gasteiger partial charge on any atom is -0.462 e. The molecule has 0 saturated heterocycles. The first-order valence-electron chi connectivity index (χ1n) is 16.7. The number of esters is 3. The van der Waals surface area contributed by atoms with E-state index >= 15 is 0 Å². The van der Waals surface area contributed by atoms with Crippen molar-refractivity contribution in [1.29, 1.82) is 5.26 Å². The third kappa shape index (κ3) is 15.5. The maximum absolute atomic E-state index is 11.6. The van der Waals surface area contributed by atoms with E-state index in [1.54, 1.807) is 39.8 Å². The Bertz CT molecular complexity index is 1720. The Morgan fingerprint density at radius 3 is 1.58 bits per heavy atom. The lowest BCUT2D eigenvalue weighted by Gasteiger charge is -2.15.